The zero-order valence-corrected chi connectivity index (χ0v) is 12.2. The van der Waals surface area contributed by atoms with Gasteiger partial charge in [-0.25, -0.2) is 0 Å². The van der Waals surface area contributed by atoms with Gasteiger partial charge in [-0.3, -0.25) is 0 Å². The van der Waals surface area contributed by atoms with Crippen LogP contribution in [0.3, 0.4) is 0 Å². The molecule has 98 valence electrons. The highest BCUT2D eigenvalue weighted by Gasteiger charge is 2.21. The van der Waals surface area contributed by atoms with Crippen molar-refractivity contribution >= 4 is 5.69 Å². The molecule has 0 aliphatic carbocycles. The Bertz CT molecular complexity index is 609. The van der Waals surface area contributed by atoms with E-state index in [4.69, 9.17) is 0 Å². The second-order valence-corrected chi connectivity index (χ2v) is 5.78. The summed E-state index contributed by atoms with van der Waals surface area (Å²) in [5.41, 5.74) is 9.95. The van der Waals surface area contributed by atoms with Crippen molar-refractivity contribution in [3.63, 3.8) is 0 Å². The number of fused-ring (bicyclic) bond motifs is 1. The van der Waals surface area contributed by atoms with Gasteiger partial charge in [0.15, 0.2) is 0 Å². The molecule has 0 saturated carbocycles. The summed E-state index contributed by atoms with van der Waals surface area (Å²) in [4.78, 5) is 2.49. The lowest BCUT2D eigenvalue weighted by Crippen LogP contribution is -2.15. The van der Waals surface area contributed by atoms with Gasteiger partial charge in [0.25, 0.3) is 0 Å². The van der Waals surface area contributed by atoms with Crippen LogP contribution in [0, 0.1) is 27.7 Å². The van der Waals surface area contributed by atoms with Crippen molar-refractivity contribution in [3.8, 4) is 0 Å². The van der Waals surface area contributed by atoms with Crippen molar-refractivity contribution in [2.24, 2.45) is 0 Å². The summed E-state index contributed by atoms with van der Waals surface area (Å²) >= 11 is 0. The molecule has 1 aliphatic heterocycles. The molecule has 1 nitrogen and oxygen atoms in total. The Labute approximate surface area is 115 Å². The van der Waals surface area contributed by atoms with Crippen molar-refractivity contribution < 1.29 is 0 Å². The van der Waals surface area contributed by atoms with Gasteiger partial charge >= 0.3 is 0 Å². The van der Waals surface area contributed by atoms with E-state index >= 15 is 0 Å². The van der Waals surface area contributed by atoms with Crippen LogP contribution >= 0.6 is 0 Å². The monoisotopic (exact) mass is 251 g/mol. The lowest BCUT2D eigenvalue weighted by molar-refractivity contribution is 0.873. The molecule has 0 aromatic heterocycles. The van der Waals surface area contributed by atoms with Crippen LogP contribution in [0.4, 0.5) is 5.69 Å². The predicted octanol–water partition coefficient (Wildman–Crippen LogP) is 4.44. The molecule has 1 heterocycles. The van der Waals surface area contributed by atoms with Crippen LogP contribution < -0.4 is 4.90 Å². The average molecular weight is 251 g/mol. The van der Waals surface area contributed by atoms with Gasteiger partial charge < -0.3 is 4.90 Å². The van der Waals surface area contributed by atoms with Crippen molar-refractivity contribution in [3.05, 3.63) is 63.7 Å². The number of aryl methyl sites for hydroxylation is 3. The Kier molecular flexibility index (Phi) is 2.85. The maximum absolute atomic E-state index is 2.49. The molecule has 0 atom stereocenters. The zero-order valence-electron chi connectivity index (χ0n) is 12.2. The van der Waals surface area contributed by atoms with Gasteiger partial charge in [-0.1, -0.05) is 24.3 Å². The predicted molar refractivity (Wildman–Crippen MR) is 81.7 cm³/mol. The molecule has 0 bridgehead atoms. The topological polar surface area (TPSA) is 3.24 Å². The number of anilines is 1. The van der Waals surface area contributed by atoms with E-state index in [2.05, 4.69) is 62.9 Å². The van der Waals surface area contributed by atoms with E-state index in [0.29, 0.717) is 0 Å². The second-order valence-electron chi connectivity index (χ2n) is 5.78. The first kappa shape index (κ1) is 12.3. The fraction of sp³-hybridized carbons (Fsp3) is 0.333. The number of benzene rings is 2. The highest BCUT2D eigenvalue weighted by atomic mass is 15.1. The summed E-state index contributed by atoms with van der Waals surface area (Å²) in [6.45, 7) is 10.9. The van der Waals surface area contributed by atoms with Crippen LogP contribution in [0.5, 0.6) is 0 Å². The summed E-state index contributed by atoms with van der Waals surface area (Å²) in [6, 6.07) is 11.3. The smallest absolute Gasteiger partial charge is 0.0436 e. The largest absolute Gasteiger partial charge is 0.363 e. The van der Waals surface area contributed by atoms with Gasteiger partial charge in [-0.05, 0) is 67.1 Å². The molecule has 0 unspecified atom stereocenters. The van der Waals surface area contributed by atoms with Crippen LogP contribution in [0.25, 0.3) is 0 Å². The molecule has 0 N–H and O–H groups in total. The van der Waals surface area contributed by atoms with Crippen LogP contribution in [0.2, 0.25) is 0 Å². The van der Waals surface area contributed by atoms with Crippen LogP contribution in [-0.4, -0.2) is 0 Å². The first-order valence-corrected chi connectivity index (χ1v) is 6.96. The Morgan fingerprint density at radius 3 is 1.95 bits per heavy atom. The van der Waals surface area contributed by atoms with Crippen LogP contribution in [0.15, 0.2) is 30.3 Å². The van der Waals surface area contributed by atoms with Gasteiger partial charge in [0.05, 0.1) is 0 Å². The lowest BCUT2D eigenvalue weighted by atomic mass is 10.0. The molecule has 0 amide bonds. The van der Waals surface area contributed by atoms with E-state index in [-0.39, 0.29) is 0 Å². The first-order chi connectivity index (χ1) is 9.06. The fourth-order valence-corrected chi connectivity index (χ4v) is 2.95. The van der Waals surface area contributed by atoms with Gasteiger partial charge in [-0.2, -0.15) is 0 Å². The van der Waals surface area contributed by atoms with Crippen LogP contribution in [-0.2, 0) is 13.1 Å². The maximum Gasteiger partial charge on any atom is 0.0436 e. The Hall–Kier alpha value is -1.76. The fourth-order valence-electron chi connectivity index (χ4n) is 2.95. The maximum atomic E-state index is 2.49. The summed E-state index contributed by atoms with van der Waals surface area (Å²) in [6.07, 6.45) is 0. The van der Waals surface area contributed by atoms with Crippen molar-refractivity contribution in [1.82, 2.24) is 0 Å². The molecule has 1 aliphatic rings. The second kappa shape index (κ2) is 4.41. The summed E-state index contributed by atoms with van der Waals surface area (Å²) in [5, 5.41) is 0. The summed E-state index contributed by atoms with van der Waals surface area (Å²) < 4.78 is 0. The molecule has 0 saturated heterocycles. The summed E-state index contributed by atoms with van der Waals surface area (Å²) in [7, 11) is 0. The molecule has 19 heavy (non-hydrogen) atoms. The number of hydrogen-bond acceptors (Lipinski definition) is 1. The number of rotatable bonds is 1. The zero-order chi connectivity index (χ0) is 13.6. The van der Waals surface area contributed by atoms with Gasteiger partial charge in [-0.15, -0.1) is 0 Å². The van der Waals surface area contributed by atoms with E-state index in [1.165, 1.54) is 39.1 Å². The third-order valence-corrected chi connectivity index (χ3v) is 4.46. The van der Waals surface area contributed by atoms with Gasteiger partial charge in [0, 0.05) is 18.8 Å². The molecule has 1 heteroatoms. The third-order valence-electron chi connectivity index (χ3n) is 4.46. The van der Waals surface area contributed by atoms with Crippen LogP contribution in [0.1, 0.15) is 33.4 Å². The third kappa shape index (κ3) is 2.03. The standard InChI is InChI=1S/C18H21N/c1-12-6-5-7-18(15(12)4)19-10-16-8-13(2)14(3)9-17(16)11-19/h5-9H,10-11H2,1-4H3. The Morgan fingerprint density at radius 2 is 1.37 bits per heavy atom. The van der Waals surface area contributed by atoms with E-state index in [0.717, 1.165) is 13.1 Å². The van der Waals surface area contributed by atoms with Gasteiger partial charge in [0.1, 0.15) is 0 Å². The molecule has 3 rings (SSSR count). The Morgan fingerprint density at radius 1 is 0.789 bits per heavy atom. The normalized spacial score (nSPS) is 13.8. The number of nitrogens with zero attached hydrogens (tertiary/aromatic N) is 1. The molecule has 0 radical (unpaired) electrons. The number of hydrogen-bond donors (Lipinski definition) is 0. The minimum absolute atomic E-state index is 1.04. The van der Waals surface area contributed by atoms with Crippen molar-refractivity contribution in [2.75, 3.05) is 4.90 Å². The van der Waals surface area contributed by atoms with E-state index in [1.807, 2.05) is 0 Å². The quantitative estimate of drug-likeness (QED) is 0.724. The Balaban J connectivity index is 1.97. The SMILES string of the molecule is Cc1cc2c(cc1C)CN(c1cccc(C)c1C)C2. The average Bonchev–Trinajstić information content (AvgIpc) is 2.76. The highest BCUT2D eigenvalue weighted by Crippen LogP contribution is 2.32. The molecular formula is C18H21N. The van der Waals surface area contributed by atoms with E-state index in [1.54, 1.807) is 0 Å². The molecule has 0 fully saturated rings. The lowest BCUT2D eigenvalue weighted by Gasteiger charge is -2.21. The molecular weight excluding hydrogens is 230 g/mol. The van der Waals surface area contributed by atoms with Crippen molar-refractivity contribution in [1.29, 1.82) is 0 Å². The minimum atomic E-state index is 1.04. The first-order valence-electron chi connectivity index (χ1n) is 6.96. The molecule has 2 aromatic carbocycles. The van der Waals surface area contributed by atoms with E-state index < -0.39 is 0 Å². The highest BCUT2D eigenvalue weighted by molar-refractivity contribution is 5.59. The summed E-state index contributed by atoms with van der Waals surface area (Å²) in [5.74, 6) is 0. The van der Waals surface area contributed by atoms with Crippen molar-refractivity contribution in [2.45, 2.75) is 40.8 Å². The van der Waals surface area contributed by atoms with Gasteiger partial charge in [0.2, 0.25) is 0 Å². The minimum Gasteiger partial charge on any atom is -0.363 e. The molecule has 2 aromatic rings. The molecule has 0 spiro atoms. The van der Waals surface area contributed by atoms with E-state index in [9.17, 15) is 0 Å².